The number of rotatable bonds is 4. The summed E-state index contributed by atoms with van der Waals surface area (Å²) in [6.07, 6.45) is 1.07. The second kappa shape index (κ2) is 7.56. The van der Waals surface area contributed by atoms with Crippen molar-refractivity contribution in [2.45, 2.75) is 30.1 Å². The first-order valence-corrected chi connectivity index (χ1v) is 10.9. The minimum Gasteiger partial charge on any atom is -0.431 e. The van der Waals surface area contributed by atoms with Gasteiger partial charge in [-0.2, -0.15) is 0 Å². The van der Waals surface area contributed by atoms with Gasteiger partial charge in [0.15, 0.2) is 0 Å². The Morgan fingerprint density at radius 1 is 0.900 bits per heavy atom. The van der Waals surface area contributed by atoms with Gasteiger partial charge in [0, 0.05) is 23.0 Å². The Morgan fingerprint density at radius 3 is 2.20 bits per heavy atom. The van der Waals surface area contributed by atoms with Crippen LogP contribution in [-0.2, 0) is 19.7 Å². The van der Waals surface area contributed by atoms with Crippen molar-refractivity contribution in [3.63, 3.8) is 0 Å². The summed E-state index contributed by atoms with van der Waals surface area (Å²) in [7, 11) is 0. The molecule has 4 nitrogen and oxygen atoms in total. The van der Waals surface area contributed by atoms with E-state index >= 15 is 0 Å². The van der Waals surface area contributed by atoms with Crippen molar-refractivity contribution in [2.24, 2.45) is 0 Å². The van der Waals surface area contributed by atoms with Crippen molar-refractivity contribution >= 4 is 27.6 Å². The zero-order valence-corrected chi connectivity index (χ0v) is 18.0. The Bertz CT molecular complexity index is 1020. The summed E-state index contributed by atoms with van der Waals surface area (Å²) in [6.45, 7) is 0.470. The number of carbonyl (C=O) groups is 1. The average Bonchev–Trinajstić information content (AvgIpc) is 3.29. The van der Waals surface area contributed by atoms with Crippen LogP contribution in [0, 0.1) is 0 Å². The highest BCUT2D eigenvalue weighted by Gasteiger charge is 2.58. The number of nitrogens with one attached hydrogen (secondary N) is 1. The van der Waals surface area contributed by atoms with E-state index in [1.165, 1.54) is 11.1 Å². The minimum absolute atomic E-state index is 0.271. The third kappa shape index (κ3) is 3.42. The molecule has 0 bridgehead atoms. The first-order chi connectivity index (χ1) is 14.6. The molecule has 2 heterocycles. The molecule has 0 radical (unpaired) electrons. The Labute approximate surface area is 184 Å². The number of ether oxygens (including phenoxy) is 2. The van der Waals surface area contributed by atoms with E-state index in [2.05, 4.69) is 45.5 Å². The van der Waals surface area contributed by atoms with Crippen molar-refractivity contribution in [2.75, 3.05) is 11.9 Å². The van der Waals surface area contributed by atoms with Gasteiger partial charge in [0.05, 0.1) is 12.0 Å². The monoisotopic (exact) mass is 463 g/mol. The van der Waals surface area contributed by atoms with Gasteiger partial charge in [-0.15, -0.1) is 0 Å². The van der Waals surface area contributed by atoms with Crippen LogP contribution < -0.4 is 5.32 Å². The van der Waals surface area contributed by atoms with E-state index < -0.39 is 11.8 Å². The highest BCUT2D eigenvalue weighted by Crippen LogP contribution is 2.51. The zero-order chi connectivity index (χ0) is 20.6. The summed E-state index contributed by atoms with van der Waals surface area (Å²) in [5.41, 5.74) is 2.87. The molecule has 2 aliphatic heterocycles. The van der Waals surface area contributed by atoms with Gasteiger partial charge in [-0.05, 0) is 29.3 Å². The molecule has 152 valence electrons. The second-order valence-electron chi connectivity index (χ2n) is 8.02. The maximum atomic E-state index is 12.7. The smallest absolute Gasteiger partial charge is 0.331 e. The van der Waals surface area contributed by atoms with Crippen LogP contribution in [0.3, 0.4) is 0 Å². The summed E-state index contributed by atoms with van der Waals surface area (Å²) in [6, 6.07) is 28.1. The van der Waals surface area contributed by atoms with Crippen LogP contribution in [0.5, 0.6) is 0 Å². The fourth-order valence-electron chi connectivity index (χ4n) is 4.64. The Kier molecular flexibility index (Phi) is 4.88. The fraction of sp³-hybridized carbons (Fsp3) is 0.240. The van der Waals surface area contributed by atoms with Crippen LogP contribution in [0.4, 0.5) is 5.69 Å². The van der Waals surface area contributed by atoms with Gasteiger partial charge >= 0.3 is 5.97 Å². The molecular weight excluding hydrogens is 442 g/mol. The van der Waals surface area contributed by atoms with Gasteiger partial charge in [-0.25, -0.2) is 4.79 Å². The molecule has 1 N–H and O–H groups in total. The molecule has 2 aliphatic rings. The SMILES string of the molecule is O=C1OC2(CC1Nc1cccc(Br)c1)CC(c1ccccc1)(c1ccccc1)CO2. The average molecular weight is 464 g/mol. The summed E-state index contributed by atoms with van der Waals surface area (Å²) in [5, 5.41) is 3.30. The van der Waals surface area contributed by atoms with Crippen molar-refractivity contribution in [1.82, 2.24) is 0 Å². The van der Waals surface area contributed by atoms with Crippen LogP contribution in [0.25, 0.3) is 0 Å². The molecule has 30 heavy (non-hydrogen) atoms. The third-order valence-corrected chi connectivity index (χ3v) is 6.55. The van der Waals surface area contributed by atoms with Gasteiger partial charge in [0.25, 0.3) is 0 Å². The van der Waals surface area contributed by atoms with Crippen molar-refractivity contribution in [3.05, 3.63) is 101 Å². The number of anilines is 1. The minimum atomic E-state index is -0.924. The van der Waals surface area contributed by atoms with E-state index in [0.29, 0.717) is 19.4 Å². The molecule has 3 aromatic rings. The second-order valence-corrected chi connectivity index (χ2v) is 8.94. The van der Waals surface area contributed by atoms with Crippen LogP contribution in [-0.4, -0.2) is 24.4 Å². The van der Waals surface area contributed by atoms with Gasteiger partial charge in [0.2, 0.25) is 5.79 Å². The molecule has 0 aliphatic carbocycles. The van der Waals surface area contributed by atoms with Crippen molar-refractivity contribution < 1.29 is 14.3 Å². The maximum Gasteiger partial charge on any atom is 0.331 e. The lowest BCUT2D eigenvalue weighted by Crippen LogP contribution is -2.33. The van der Waals surface area contributed by atoms with Crippen LogP contribution in [0.2, 0.25) is 0 Å². The Hall–Kier alpha value is -2.63. The maximum absolute atomic E-state index is 12.7. The quantitative estimate of drug-likeness (QED) is 0.534. The number of benzene rings is 3. The number of hydrogen-bond acceptors (Lipinski definition) is 4. The molecule has 2 fully saturated rings. The first-order valence-electron chi connectivity index (χ1n) is 10.1. The fourth-order valence-corrected chi connectivity index (χ4v) is 5.04. The lowest BCUT2D eigenvalue weighted by molar-refractivity contribution is -0.192. The zero-order valence-electron chi connectivity index (χ0n) is 16.4. The van der Waals surface area contributed by atoms with E-state index in [4.69, 9.17) is 9.47 Å². The molecule has 5 rings (SSSR count). The molecule has 0 saturated carbocycles. The third-order valence-electron chi connectivity index (χ3n) is 6.06. The lowest BCUT2D eigenvalue weighted by atomic mass is 9.72. The predicted molar refractivity (Wildman–Crippen MR) is 119 cm³/mol. The molecule has 5 heteroatoms. The van der Waals surface area contributed by atoms with Gasteiger partial charge in [-0.3, -0.25) is 0 Å². The van der Waals surface area contributed by atoms with Gasteiger partial charge in [0.1, 0.15) is 6.04 Å². The number of hydrogen-bond donors (Lipinski definition) is 1. The van der Waals surface area contributed by atoms with Gasteiger partial charge in [-0.1, -0.05) is 82.7 Å². The Balaban J connectivity index is 1.45. The van der Waals surface area contributed by atoms with E-state index in [1.807, 2.05) is 60.7 Å². The molecular formula is C25H22BrNO3. The number of esters is 1. The lowest BCUT2D eigenvalue weighted by Gasteiger charge is -2.30. The summed E-state index contributed by atoms with van der Waals surface area (Å²) in [4.78, 5) is 12.7. The Morgan fingerprint density at radius 2 is 1.57 bits per heavy atom. The van der Waals surface area contributed by atoms with E-state index in [-0.39, 0.29) is 11.4 Å². The van der Waals surface area contributed by atoms with E-state index in [1.54, 1.807) is 0 Å². The number of carbonyl (C=O) groups excluding carboxylic acids is 1. The summed E-state index contributed by atoms with van der Waals surface area (Å²) in [5.74, 6) is -1.20. The standard InChI is InChI=1S/C25H22BrNO3/c26-20-12-7-13-21(14-20)27-22-15-25(30-23(22)28)16-24(17-29-25,18-8-3-1-4-9-18)19-10-5-2-6-11-19/h1-14,22,27H,15-17H2. The summed E-state index contributed by atoms with van der Waals surface area (Å²) < 4.78 is 13.1. The largest absolute Gasteiger partial charge is 0.431 e. The molecule has 2 atom stereocenters. The van der Waals surface area contributed by atoms with E-state index in [9.17, 15) is 4.79 Å². The highest BCUT2D eigenvalue weighted by molar-refractivity contribution is 9.10. The van der Waals surface area contributed by atoms with E-state index in [0.717, 1.165) is 10.2 Å². The summed E-state index contributed by atoms with van der Waals surface area (Å²) >= 11 is 3.47. The van der Waals surface area contributed by atoms with Crippen LogP contribution in [0.15, 0.2) is 89.4 Å². The van der Waals surface area contributed by atoms with Crippen molar-refractivity contribution in [3.8, 4) is 0 Å². The van der Waals surface area contributed by atoms with Gasteiger partial charge < -0.3 is 14.8 Å². The van der Waals surface area contributed by atoms with Crippen LogP contribution in [0.1, 0.15) is 24.0 Å². The molecule has 0 amide bonds. The molecule has 3 aromatic carbocycles. The first kappa shape index (κ1) is 19.3. The van der Waals surface area contributed by atoms with Crippen molar-refractivity contribution in [1.29, 1.82) is 0 Å². The molecule has 2 saturated heterocycles. The predicted octanol–water partition coefficient (Wildman–Crippen LogP) is 5.28. The highest BCUT2D eigenvalue weighted by atomic mass is 79.9. The van der Waals surface area contributed by atoms with Crippen LogP contribution >= 0.6 is 15.9 Å². The number of halogens is 1. The molecule has 0 aromatic heterocycles. The molecule has 1 spiro atoms. The molecule has 2 unspecified atom stereocenters. The topological polar surface area (TPSA) is 47.6 Å². The normalized spacial score (nSPS) is 24.7.